The van der Waals surface area contributed by atoms with Crippen LogP contribution in [0.4, 0.5) is 0 Å². The molecule has 0 aliphatic carbocycles. The molecule has 1 N–H and O–H groups in total. The zero-order valence-electron chi connectivity index (χ0n) is 12.8. The van der Waals surface area contributed by atoms with Crippen molar-refractivity contribution < 1.29 is 0 Å². The maximum Gasteiger partial charge on any atom is 0.0945 e. The Morgan fingerprint density at radius 2 is 2.23 bits per heavy atom. The Kier molecular flexibility index (Phi) is 5.03. The van der Waals surface area contributed by atoms with Crippen molar-refractivity contribution in [3.8, 4) is 0 Å². The summed E-state index contributed by atoms with van der Waals surface area (Å²) >= 11 is 1.88. The molecule has 3 aromatic rings. The monoisotopic (exact) mass is 315 g/mol. The van der Waals surface area contributed by atoms with Crippen LogP contribution in [0.25, 0.3) is 0 Å². The molecule has 3 heterocycles. The quantitative estimate of drug-likeness (QED) is 0.695. The van der Waals surface area contributed by atoms with Gasteiger partial charge in [0.2, 0.25) is 0 Å². The number of aromatic nitrogens is 4. The highest BCUT2D eigenvalue weighted by molar-refractivity contribution is 7.11. The maximum atomic E-state index is 4.12. The average Bonchev–Trinajstić information content (AvgIpc) is 3.22. The van der Waals surface area contributed by atoms with Crippen LogP contribution in [0.15, 0.2) is 43.4 Å². The van der Waals surface area contributed by atoms with Crippen molar-refractivity contribution in [2.24, 2.45) is 0 Å². The lowest BCUT2D eigenvalue weighted by Gasteiger charge is -2.21. The third kappa shape index (κ3) is 4.29. The zero-order chi connectivity index (χ0) is 15.2. The molecule has 0 unspecified atom stereocenters. The highest BCUT2D eigenvalue weighted by Crippen LogP contribution is 2.18. The summed E-state index contributed by atoms with van der Waals surface area (Å²) in [6, 6.07) is 4.43. The molecule has 0 aliphatic rings. The highest BCUT2D eigenvalue weighted by Gasteiger charge is 2.09. The van der Waals surface area contributed by atoms with Crippen molar-refractivity contribution in [2.75, 3.05) is 6.54 Å². The summed E-state index contributed by atoms with van der Waals surface area (Å²) < 4.78 is 2.13. The first kappa shape index (κ1) is 15.0. The standard InChI is InChI=1S/C16H21N5S/c1-14-3-4-16(22-14)11-21(10-15-9-18-12-19-15)7-2-6-20-8-5-17-13-20/h3-5,8-9,12-13H,2,6-7,10-11H2,1H3,(H,18,19). The lowest BCUT2D eigenvalue weighted by Crippen LogP contribution is -2.24. The number of hydrogen-bond donors (Lipinski definition) is 1. The van der Waals surface area contributed by atoms with Crippen molar-refractivity contribution in [1.82, 2.24) is 24.4 Å². The lowest BCUT2D eigenvalue weighted by molar-refractivity contribution is 0.248. The van der Waals surface area contributed by atoms with E-state index >= 15 is 0 Å². The van der Waals surface area contributed by atoms with Crippen molar-refractivity contribution >= 4 is 11.3 Å². The smallest absolute Gasteiger partial charge is 0.0945 e. The molecule has 0 spiro atoms. The van der Waals surface area contributed by atoms with E-state index in [0.29, 0.717) is 0 Å². The number of nitrogens with zero attached hydrogens (tertiary/aromatic N) is 4. The van der Waals surface area contributed by atoms with Gasteiger partial charge in [-0.05, 0) is 25.5 Å². The predicted octanol–water partition coefficient (Wildman–Crippen LogP) is 3.07. The first-order valence-corrected chi connectivity index (χ1v) is 8.32. The number of thiophene rings is 1. The zero-order valence-corrected chi connectivity index (χ0v) is 13.6. The van der Waals surface area contributed by atoms with Crippen LogP contribution in [0, 0.1) is 6.92 Å². The van der Waals surface area contributed by atoms with Crippen LogP contribution in [-0.4, -0.2) is 31.0 Å². The minimum atomic E-state index is 0.904. The SMILES string of the molecule is Cc1ccc(CN(CCCn2ccnc2)Cc2cnc[nH]2)s1. The van der Waals surface area contributed by atoms with Gasteiger partial charge in [-0.2, -0.15) is 0 Å². The molecule has 0 radical (unpaired) electrons. The topological polar surface area (TPSA) is 49.7 Å². The molecule has 0 saturated carbocycles. The van der Waals surface area contributed by atoms with Crippen molar-refractivity contribution in [3.05, 3.63) is 58.8 Å². The fourth-order valence-electron chi connectivity index (χ4n) is 2.51. The molecule has 6 heteroatoms. The normalized spacial score (nSPS) is 11.4. The molecule has 0 atom stereocenters. The van der Waals surface area contributed by atoms with Gasteiger partial charge in [-0.1, -0.05) is 0 Å². The molecule has 116 valence electrons. The van der Waals surface area contributed by atoms with Gasteiger partial charge < -0.3 is 9.55 Å². The summed E-state index contributed by atoms with van der Waals surface area (Å²) in [5.74, 6) is 0. The van der Waals surface area contributed by atoms with Crippen LogP contribution in [0.3, 0.4) is 0 Å². The van der Waals surface area contributed by atoms with Crippen LogP contribution in [0.2, 0.25) is 0 Å². The van der Waals surface area contributed by atoms with Gasteiger partial charge in [-0.3, -0.25) is 4.90 Å². The van der Waals surface area contributed by atoms with E-state index in [9.17, 15) is 0 Å². The van der Waals surface area contributed by atoms with Gasteiger partial charge in [0.15, 0.2) is 0 Å². The van der Waals surface area contributed by atoms with Gasteiger partial charge in [0.1, 0.15) is 0 Å². The number of nitrogens with one attached hydrogen (secondary N) is 1. The van der Waals surface area contributed by atoms with Crippen molar-refractivity contribution in [2.45, 2.75) is 33.0 Å². The van der Waals surface area contributed by atoms with Gasteiger partial charge >= 0.3 is 0 Å². The molecule has 22 heavy (non-hydrogen) atoms. The Morgan fingerprint density at radius 1 is 1.27 bits per heavy atom. The summed E-state index contributed by atoms with van der Waals surface area (Å²) in [5, 5.41) is 0. The van der Waals surface area contributed by atoms with Crippen LogP contribution in [0.5, 0.6) is 0 Å². The molecule has 0 aromatic carbocycles. The third-order valence-electron chi connectivity index (χ3n) is 3.57. The first-order valence-electron chi connectivity index (χ1n) is 7.50. The summed E-state index contributed by atoms with van der Waals surface area (Å²) in [5.41, 5.74) is 1.16. The molecule has 0 saturated heterocycles. The Hall–Kier alpha value is -1.92. The molecule has 3 rings (SSSR count). The minimum absolute atomic E-state index is 0.904. The van der Waals surface area contributed by atoms with Crippen LogP contribution >= 0.6 is 11.3 Å². The molecule has 5 nitrogen and oxygen atoms in total. The summed E-state index contributed by atoms with van der Waals surface area (Å²) in [7, 11) is 0. The van der Waals surface area contributed by atoms with Crippen molar-refractivity contribution in [1.29, 1.82) is 0 Å². The van der Waals surface area contributed by atoms with E-state index in [0.717, 1.165) is 38.3 Å². The van der Waals surface area contributed by atoms with Crippen LogP contribution in [0.1, 0.15) is 21.9 Å². The fraction of sp³-hybridized carbons (Fsp3) is 0.375. The van der Waals surface area contributed by atoms with E-state index in [1.807, 2.05) is 36.3 Å². The molecule has 0 aliphatic heterocycles. The van der Waals surface area contributed by atoms with E-state index in [-0.39, 0.29) is 0 Å². The summed E-state index contributed by atoms with van der Waals surface area (Å²) in [6.07, 6.45) is 10.5. The Balaban J connectivity index is 1.57. The van der Waals surface area contributed by atoms with E-state index in [1.165, 1.54) is 9.75 Å². The largest absolute Gasteiger partial charge is 0.347 e. The molecular weight excluding hydrogens is 294 g/mol. The number of hydrogen-bond acceptors (Lipinski definition) is 4. The average molecular weight is 315 g/mol. The molecule has 0 fully saturated rings. The van der Waals surface area contributed by atoms with Crippen molar-refractivity contribution in [3.63, 3.8) is 0 Å². The van der Waals surface area contributed by atoms with Crippen LogP contribution in [-0.2, 0) is 19.6 Å². The Bertz CT molecular complexity index is 657. The third-order valence-corrected chi connectivity index (χ3v) is 4.56. The van der Waals surface area contributed by atoms with Gasteiger partial charge in [-0.25, -0.2) is 9.97 Å². The number of imidazole rings is 2. The van der Waals surface area contributed by atoms with Gasteiger partial charge in [0, 0.05) is 60.2 Å². The number of aromatic amines is 1. The molecule has 0 amide bonds. The molecule has 0 bridgehead atoms. The van der Waals surface area contributed by atoms with E-state index in [2.05, 4.69) is 43.5 Å². The lowest BCUT2D eigenvalue weighted by atomic mass is 10.3. The first-order chi connectivity index (χ1) is 10.8. The summed E-state index contributed by atoms with van der Waals surface area (Å²) in [4.78, 5) is 16.7. The molecule has 3 aromatic heterocycles. The second kappa shape index (κ2) is 7.38. The van der Waals surface area contributed by atoms with Gasteiger partial charge in [-0.15, -0.1) is 11.3 Å². The number of aryl methyl sites for hydroxylation is 2. The van der Waals surface area contributed by atoms with E-state index in [1.54, 1.807) is 6.33 Å². The Labute approximate surface area is 134 Å². The minimum Gasteiger partial charge on any atom is -0.347 e. The Morgan fingerprint density at radius 3 is 2.91 bits per heavy atom. The highest BCUT2D eigenvalue weighted by atomic mass is 32.1. The predicted molar refractivity (Wildman–Crippen MR) is 88.6 cm³/mol. The maximum absolute atomic E-state index is 4.12. The van der Waals surface area contributed by atoms with Gasteiger partial charge in [0.05, 0.1) is 12.7 Å². The number of rotatable bonds is 8. The molecular formula is C16H21N5S. The number of H-pyrrole nitrogens is 1. The second-order valence-corrected chi connectivity index (χ2v) is 6.83. The second-order valence-electron chi connectivity index (χ2n) is 5.45. The fourth-order valence-corrected chi connectivity index (χ4v) is 3.45. The van der Waals surface area contributed by atoms with Gasteiger partial charge in [0.25, 0.3) is 0 Å². The van der Waals surface area contributed by atoms with Crippen LogP contribution < -0.4 is 0 Å². The van der Waals surface area contributed by atoms with E-state index < -0.39 is 0 Å². The van der Waals surface area contributed by atoms with E-state index in [4.69, 9.17) is 0 Å². The summed E-state index contributed by atoms with van der Waals surface area (Å²) in [6.45, 7) is 6.10.